The van der Waals surface area contributed by atoms with Gasteiger partial charge >= 0.3 is 0 Å². The van der Waals surface area contributed by atoms with Crippen LogP contribution in [0.15, 0.2) is 42.5 Å². The fourth-order valence-electron chi connectivity index (χ4n) is 3.45. The number of hydrogen-bond donors (Lipinski definition) is 1. The van der Waals surface area contributed by atoms with E-state index in [4.69, 9.17) is 4.74 Å². The SMILES string of the molecule is CC[C@@H](C)NC(=O)[C@@H](C)N(Cc1ccccc1F)C(=O)CN(c1cc(C)ccc1OC)S(C)(=O)=O. The molecular weight excluding hydrogens is 473 g/mol. The third-order valence-electron chi connectivity index (χ3n) is 5.75. The van der Waals surface area contributed by atoms with E-state index in [1.807, 2.05) is 13.8 Å². The number of carbonyl (C=O) groups is 2. The second-order valence-electron chi connectivity index (χ2n) is 8.55. The predicted molar refractivity (Wildman–Crippen MR) is 134 cm³/mol. The predicted octanol–water partition coefficient (Wildman–Crippen LogP) is 3.24. The van der Waals surface area contributed by atoms with Crippen LogP contribution < -0.4 is 14.4 Å². The molecule has 0 aliphatic rings. The molecule has 0 heterocycles. The van der Waals surface area contributed by atoms with Crippen LogP contribution in [0.3, 0.4) is 0 Å². The largest absolute Gasteiger partial charge is 0.495 e. The van der Waals surface area contributed by atoms with Gasteiger partial charge in [-0.3, -0.25) is 13.9 Å². The highest BCUT2D eigenvalue weighted by Crippen LogP contribution is 2.31. The van der Waals surface area contributed by atoms with E-state index in [2.05, 4.69) is 5.32 Å². The first-order valence-corrected chi connectivity index (χ1v) is 13.2. The van der Waals surface area contributed by atoms with Crippen molar-refractivity contribution in [2.45, 2.75) is 52.7 Å². The molecule has 2 aromatic carbocycles. The molecule has 0 saturated carbocycles. The molecule has 2 amide bonds. The number of methoxy groups -OCH3 is 1. The highest BCUT2D eigenvalue weighted by Gasteiger charge is 2.32. The zero-order valence-electron chi connectivity index (χ0n) is 21.0. The van der Waals surface area contributed by atoms with E-state index < -0.39 is 40.2 Å². The Morgan fingerprint density at radius 2 is 1.80 bits per heavy atom. The number of aryl methyl sites for hydroxylation is 1. The highest BCUT2D eigenvalue weighted by molar-refractivity contribution is 7.92. The van der Waals surface area contributed by atoms with Gasteiger partial charge < -0.3 is 15.0 Å². The van der Waals surface area contributed by atoms with Crippen molar-refractivity contribution < 1.29 is 27.1 Å². The number of anilines is 1. The van der Waals surface area contributed by atoms with Crippen molar-refractivity contribution in [2.75, 3.05) is 24.2 Å². The van der Waals surface area contributed by atoms with E-state index in [1.54, 1.807) is 31.2 Å². The number of nitrogens with zero attached hydrogens (tertiary/aromatic N) is 2. The molecule has 192 valence electrons. The molecule has 0 unspecified atom stereocenters. The molecular formula is C25H34FN3O5S. The van der Waals surface area contributed by atoms with Crippen molar-refractivity contribution in [3.05, 3.63) is 59.4 Å². The number of rotatable bonds is 11. The van der Waals surface area contributed by atoms with Crippen molar-refractivity contribution in [1.82, 2.24) is 10.2 Å². The van der Waals surface area contributed by atoms with E-state index in [1.165, 1.54) is 37.1 Å². The van der Waals surface area contributed by atoms with E-state index in [-0.39, 0.29) is 29.6 Å². The summed E-state index contributed by atoms with van der Waals surface area (Å²) in [5, 5.41) is 2.83. The molecule has 2 atom stereocenters. The Morgan fingerprint density at radius 3 is 2.37 bits per heavy atom. The first kappa shape index (κ1) is 28.1. The standard InChI is InChI=1S/C25H34FN3O5S/c1-7-18(3)27-25(31)19(4)28(15-20-10-8-9-11-21(20)26)24(30)16-29(35(6,32)33)22-14-17(2)12-13-23(22)34-5/h8-14,18-19H,7,15-16H2,1-6H3,(H,27,31)/t18-,19-/m1/s1. The Morgan fingerprint density at radius 1 is 1.14 bits per heavy atom. The van der Waals surface area contributed by atoms with Gasteiger partial charge in [-0.2, -0.15) is 0 Å². The summed E-state index contributed by atoms with van der Waals surface area (Å²) in [6.07, 6.45) is 1.68. The van der Waals surface area contributed by atoms with Gasteiger partial charge in [-0.05, 0) is 51.0 Å². The topological polar surface area (TPSA) is 96.0 Å². The lowest BCUT2D eigenvalue weighted by atomic mass is 10.1. The average Bonchev–Trinajstić information content (AvgIpc) is 2.80. The highest BCUT2D eigenvalue weighted by atomic mass is 32.2. The zero-order chi connectivity index (χ0) is 26.3. The van der Waals surface area contributed by atoms with Crippen molar-refractivity contribution in [3.8, 4) is 5.75 Å². The number of halogens is 1. The maximum absolute atomic E-state index is 14.4. The lowest BCUT2D eigenvalue weighted by Crippen LogP contribution is -2.52. The van der Waals surface area contributed by atoms with Gasteiger partial charge in [0, 0.05) is 18.2 Å². The third-order valence-corrected chi connectivity index (χ3v) is 6.88. The lowest BCUT2D eigenvalue weighted by molar-refractivity contribution is -0.139. The molecule has 0 spiro atoms. The van der Waals surface area contributed by atoms with Crippen LogP contribution in [0.1, 0.15) is 38.3 Å². The van der Waals surface area contributed by atoms with Gasteiger partial charge in [0.25, 0.3) is 0 Å². The molecule has 0 bridgehead atoms. The summed E-state index contributed by atoms with van der Waals surface area (Å²) in [6.45, 7) is 6.28. The van der Waals surface area contributed by atoms with E-state index in [0.717, 1.165) is 16.1 Å². The summed E-state index contributed by atoms with van der Waals surface area (Å²) in [5.74, 6) is -1.32. The van der Waals surface area contributed by atoms with E-state index in [9.17, 15) is 22.4 Å². The van der Waals surface area contributed by atoms with Crippen LogP contribution in [0, 0.1) is 12.7 Å². The summed E-state index contributed by atoms with van der Waals surface area (Å²) in [6, 6.07) is 9.83. The molecule has 2 rings (SSSR count). The van der Waals surface area contributed by atoms with Gasteiger partial charge in [-0.1, -0.05) is 31.2 Å². The summed E-state index contributed by atoms with van der Waals surface area (Å²) >= 11 is 0. The molecule has 0 fully saturated rings. The van der Waals surface area contributed by atoms with Crippen LogP contribution in [0.25, 0.3) is 0 Å². The van der Waals surface area contributed by atoms with Crippen molar-refractivity contribution in [1.29, 1.82) is 0 Å². The van der Waals surface area contributed by atoms with Crippen LogP contribution in [0.5, 0.6) is 5.75 Å². The quantitative estimate of drug-likeness (QED) is 0.504. The molecule has 35 heavy (non-hydrogen) atoms. The Hall–Kier alpha value is -3.14. The van der Waals surface area contributed by atoms with E-state index >= 15 is 0 Å². The number of ether oxygens (including phenoxy) is 1. The molecule has 10 heteroatoms. The molecule has 0 radical (unpaired) electrons. The third kappa shape index (κ3) is 7.42. The normalized spacial score (nSPS) is 13.0. The second kappa shape index (κ2) is 12.0. The van der Waals surface area contributed by atoms with Gasteiger partial charge in [0.15, 0.2) is 0 Å². The Labute approximate surface area is 207 Å². The number of benzene rings is 2. The summed E-state index contributed by atoms with van der Waals surface area (Å²) in [5.41, 5.74) is 1.18. The van der Waals surface area contributed by atoms with Crippen LogP contribution in [-0.2, 0) is 26.2 Å². The Kier molecular flexibility index (Phi) is 9.64. The number of nitrogens with one attached hydrogen (secondary N) is 1. The minimum Gasteiger partial charge on any atom is -0.495 e. The summed E-state index contributed by atoms with van der Waals surface area (Å²) in [7, 11) is -2.51. The zero-order valence-corrected chi connectivity index (χ0v) is 21.9. The van der Waals surface area contributed by atoms with Crippen molar-refractivity contribution >= 4 is 27.5 Å². The molecule has 1 N–H and O–H groups in total. The Bertz CT molecular complexity index is 1160. The van der Waals surface area contributed by atoms with Gasteiger partial charge in [-0.15, -0.1) is 0 Å². The summed E-state index contributed by atoms with van der Waals surface area (Å²) < 4.78 is 46.2. The number of sulfonamides is 1. The minimum atomic E-state index is -3.91. The first-order valence-electron chi connectivity index (χ1n) is 11.3. The second-order valence-corrected chi connectivity index (χ2v) is 10.5. The smallest absolute Gasteiger partial charge is 0.244 e. The minimum absolute atomic E-state index is 0.126. The fourth-order valence-corrected chi connectivity index (χ4v) is 4.29. The number of carbonyl (C=O) groups excluding carboxylic acids is 2. The maximum atomic E-state index is 14.4. The first-order chi connectivity index (χ1) is 16.4. The van der Waals surface area contributed by atoms with Crippen LogP contribution >= 0.6 is 0 Å². The van der Waals surface area contributed by atoms with Crippen molar-refractivity contribution in [2.24, 2.45) is 0 Å². The molecule has 0 aliphatic heterocycles. The van der Waals surface area contributed by atoms with Gasteiger partial charge in [0.1, 0.15) is 24.2 Å². The average molecular weight is 508 g/mol. The molecule has 0 saturated heterocycles. The van der Waals surface area contributed by atoms with Crippen LogP contribution in [0.4, 0.5) is 10.1 Å². The Balaban J connectivity index is 2.47. The maximum Gasteiger partial charge on any atom is 0.244 e. The number of hydrogen-bond acceptors (Lipinski definition) is 5. The summed E-state index contributed by atoms with van der Waals surface area (Å²) in [4.78, 5) is 27.6. The van der Waals surface area contributed by atoms with Crippen LogP contribution in [-0.4, -0.2) is 57.1 Å². The molecule has 2 aromatic rings. The fraction of sp³-hybridized carbons (Fsp3) is 0.440. The lowest BCUT2D eigenvalue weighted by Gasteiger charge is -2.32. The van der Waals surface area contributed by atoms with Crippen molar-refractivity contribution in [3.63, 3.8) is 0 Å². The molecule has 8 nitrogen and oxygen atoms in total. The monoisotopic (exact) mass is 507 g/mol. The van der Waals surface area contributed by atoms with E-state index in [0.29, 0.717) is 6.42 Å². The van der Waals surface area contributed by atoms with Crippen LogP contribution in [0.2, 0.25) is 0 Å². The van der Waals surface area contributed by atoms with Gasteiger partial charge in [0.05, 0.1) is 19.1 Å². The molecule has 0 aliphatic carbocycles. The molecule has 0 aromatic heterocycles. The van der Waals surface area contributed by atoms with Gasteiger partial charge in [-0.25, -0.2) is 12.8 Å². The van der Waals surface area contributed by atoms with Gasteiger partial charge in [0.2, 0.25) is 21.8 Å². The number of amides is 2.